The number of rotatable bonds is 3. The number of carbonyl (C=O) groups excluding carboxylic acids is 1. The standard InChI is InChI=1S/C13H17N3O3/c1-2-9-3-4-16(8-9)13(19)15-11-5-10(12(17)18)6-14-7-11/h5-7,9H,2-4,8H2,1H3,(H,15,19)(H,17,18). The van der Waals surface area contributed by atoms with Crippen LogP contribution in [-0.2, 0) is 0 Å². The molecule has 2 heterocycles. The molecule has 1 unspecified atom stereocenters. The lowest BCUT2D eigenvalue weighted by atomic mass is 10.1. The summed E-state index contributed by atoms with van der Waals surface area (Å²) in [6.07, 6.45) is 4.79. The van der Waals surface area contributed by atoms with Crippen LogP contribution < -0.4 is 5.32 Å². The molecule has 1 saturated heterocycles. The minimum Gasteiger partial charge on any atom is -0.478 e. The average molecular weight is 263 g/mol. The third-order valence-electron chi connectivity index (χ3n) is 3.39. The maximum Gasteiger partial charge on any atom is 0.337 e. The maximum atomic E-state index is 12.0. The molecule has 0 aliphatic carbocycles. The summed E-state index contributed by atoms with van der Waals surface area (Å²) in [5.41, 5.74) is 0.468. The number of amides is 2. The first-order chi connectivity index (χ1) is 9.10. The SMILES string of the molecule is CCC1CCN(C(=O)Nc2cncc(C(=O)O)c2)C1. The summed E-state index contributed by atoms with van der Waals surface area (Å²) in [5, 5.41) is 11.5. The molecule has 2 N–H and O–H groups in total. The van der Waals surface area contributed by atoms with Crippen molar-refractivity contribution in [2.45, 2.75) is 19.8 Å². The molecule has 102 valence electrons. The van der Waals surface area contributed by atoms with Crippen molar-refractivity contribution in [3.05, 3.63) is 24.0 Å². The molecular formula is C13H17N3O3. The van der Waals surface area contributed by atoms with Crippen molar-refractivity contribution in [1.82, 2.24) is 9.88 Å². The molecule has 1 fully saturated rings. The van der Waals surface area contributed by atoms with E-state index in [9.17, 15) is 9.59 Å². The van der Waals surface area contributed by atoms with E-state index in [1.165, 1.54) is 18.5 Å². The maximum absolute atomic E-state index is 12.0. The predicted molar refractivity (Wildman–Crippen MR) is 70.2 cm³/mol. The molecule has 1 aromatic rings. The van der Waals surface area contributed by atoms with Gasteiger partial charge in [-0.1, -0.05) is 13.3 Å². The van der Waals surface area contributed by atoms with Crippen LogP contribution in [-0.4, -0.2) is 40.1 Å². The number of nitrogens with zero attached hydrogens (tertiary/aromatic N) is 2. The minimum atomic E-state index is -1.06. The molecule has 1 aliphatic rings. The number of likely N-dealkylation sites (tertiary alicyclic amines) is 1. The van der Waals surface area contributed by atoms with E-state index in [1.807, 2.05) is 0 Å². The molecule has 6 heteroatoms. The Hall–Kier alpha value is -2.11. The van der Waals surface area contributed by atoms with Gasteiger partial charge in [-0.05, 0) is 18.4 Å². The summed E-state index contributed by atoms with van der Waals surface area (Å²) < 4.78 is 0. The van der Waals surface area contributed by atoms with Gasteiger partial charge in [-0.25, -0.2) is 9.59 Å². The number of pyridine rings is 1. The van der Waals surface area contributed by atoms with Crippen LogP contribution in [0.15, 0.2) is 18.5 Å². The smallest absolute Gasteiger partial charge is 0.337 e. The highest BCUT2D eigenvalue weighted by atomic mass is 16.4. The Morgan fingerprint density at radius 3 is 2.95 bits per heavy atom. The molecule has 6 nitrogen and oxygen atoms in total. The molecule has 2 amide bonds. The zero-order chi connectivity index (χ0) is 13.8. The van der Waals surface area contributed by atoms with E-state index in [1.54, 1.807) is 4.90 Å². The van der Waals surface area contributed by atoms with Gasteiger partial charge in [0.2, 0.25) is 0 Å². The number of hydrogen-bond donors (Lipinski definition) is 2. The quantitative estimate of drug-likeness (QED) is 0.874. The monoisotopic (exact) mass is 263 g/mol. The summed E-state index contributed by atoms with van der Waals surface area (Å²) in [7, 11) is 0. The number of hydrogen-bond acceptors (Lipinski definition) is 3. The van der Waals surface area contributed by atoms with Crippen LogP contribution in [0.25, 0.3) is 0 Å². The van der Waals surface area contributed by atoms with Gasteiger partial charge in [-0.15, -0.1) is 0 Å². The fraction of sp³-hybridized carbons (Fsp3) is 0.462. The molecule has 1 aromatic heterocycles. The number of nitrogens with one attached hydrogen (secondary N) is 1. The van der Waals surface area contributed by atoms with E-state index in [2.05, 4.69) is 17.2 Å². The molecule has 0 radical (unpaired) electrons. The predicted octanol–water partition coefficient (Wildman–Crippen LogP) is 2.04. The van der Waals surface area contributed by atoms with Crippen LogP contribution in [0.1, 0.15) is 30.1 Å². The summed E-state index contributed by atoms with van der Waals surface area (Å²) in [6.45, 7) is 3.62. The minimum absolute atomic E-state index is 0.0608. The van der Waals surface area contributed by atoms with Gasteiger partial charge in [0.25, 0.3) is 0 Å². The van der Waals surface area contributed by atoms with Crippen LogP contribution in [0, 0.1) is 5.92 Å². The number of urea groups is 1. The van der Waals surface area contributed by atoms with Crippen LogP contribution in [0.2, 0.25) is 0 Å². The van der Waals surface area contributed by atoms with Gasteiger partial charge in [0.05, 0.1) is 17.4 Å². The highest BCUT2D eigenvalue weighted by Crippen LogP contribution is 2.20. The second-order valence-electron chi connectivity index (χ2n) is 4.71. The molecule has 0 aromatic carbocycles. The second-order valence-corrected chi connectivity index (χ2v) is 4.71. The Labute approximate surface area is 111 Å². The third-order valence-corrected chi connectivity index (χ3v) is 3.39. The van der Waals surface area contributed by atoms with Gasteiger partial charge < -0.3 is 15.3 Å². The van der Waals surface area contributed by atoms with Crippen LogP contribution in [0.4, 0.5) is 10.5 Å². The Kier molecular flexibility index (Phi) is 3.99. The third kappa shape index (κ3) is 3.21. The number of carbonyl (C=O) groups is 2. The second kappa shape index (κ2) is 5.69. The molecule has 1 aliphatic heterocycles. The molecular weight excluding hydrogens is 246 g/mol. The summed E-state index contributed by atoms with van der Waals surface area (Å²) in [4.78, 5) is 28.4. The van der Waals surface area contributed by atoms with E-state index >= 15 is 0 Å². The lowest BCUT2D eigenvalue weighted by Gasteiger charge is -2.17. The number of aromatic nitrogens is 1. The van der Waals surface area contributed by atoms with E-state index in [4.69, 9.17) is 5.11 Å². The number of carboxylic acid groups (broad SMARTS) is 1. The summed E-state index contributed by atoms with van der Waals surface area (Å²) in [6, 6.07) is 1.21. The summed E-state index contributed by atoms with van der Waals surface area (Å²) >= 11 is 0. The fourth-order valence-corrected chi connectivity index (χ4v) is 2.18. The molecule has 2 rings (SSSR count). The van der Waals surface area contributed by atoms with E-state index in [0.717, 1.165) is 25.9 Å². The average Bonchev–Trinajstić information content (AvgIpc) is 2.88. The van der Waals surface area contributed by atoms with Gasteiger partial charge >= 0.3 is 12.0 Å². The molecule has 19 heavy (non-hydrogen) atoms. The summed E-state index contributed by atoms with van der Waals surface area (Å²) in [5.74, 6) is -0.495. The van der Waals surface area contributed by atoms with Crippen molar-refractivity contribution >= 4 is 17.7 Å². The normalized spacial score (nSPS) is 18.4. The number of carboxylic acids is 1. The van der Waals surface area contributed by atoms with Gasteiger partial charge in [0.1, 0.15) is 0 Å². The molecule has 0 spiro atoms. The van der Waals surface area contributed by atoms with Crippen molar-refractivity contribution in [1.29, 1.82) is 0 Å². The van der Waals surface area contributed by atoms with Crippen LogP contribution in [0.5, 0.6) is 0 Å². The van der Waals surface area contributed by atoms with E-state index in [0.29, 0.717) is 11.6 Å². The fourth-order valence-electron chi connectivity index (χ4n) is 2.18. The first kappa shape index (κ1) is 13.3. The Bertz CT molecular complexity index is 490. The van der Waals surface area contributed by atoms with Gasteiger partial charge in [0.15, 0.2) is 0 Å². The Morgan fingerprint density at radius 2 is 2.32 bits per heavy atom. The lowest BCUT2D eigenvalue weighted by molar-refractivity contribution is 0.0696. The van der Waals surface area contributed by atoms with Crippen molar-refractivity contribution in [2.75, 3.05) is 18.4 Å². The topological polar surface area (TPSA) is 82.5 Å². The largest absolute Gasteiger partial charge is 0.478 e. The van der Waals surface area contributed by atoms with Crippen molar-refractivity contribution < 1.29 is 14.7 Å². The first-order valence-corrected chi connectivity index (χ1v) is 6.34. The Balaban J connectivity index is 1.99. The number of anilines is 1. The first-order valence-electron chi connectivity index (χ1n) is 6.34. The van der Waals surface area contributed by atoms with Crippen molar-refractivity contribution in [3.63, 3.8) is 0 Å². The van der Waals surface area contributed by atoms with Gasteiger partial charge in [-0.2, -0.15) is 0 Å². The van der Waals surface area contributed by atoms with Gasteiger partial charge in [0, 0.05) is 19.3 Å². The lowest BCUT2D eigenvalue weighted by Crippen LogP contribution is -2.33. The highest BCUT2D eigenvalue weighted by molar-refractivity contribution is 5.92. The molecule has 0 bridgehead atoms. The highest BCUT2D eigenvalue weighted by Gasteiger charge is 2.25. The van der Waals surface area contributed by atoms with Crippen molar-refractivity contribution in [2.24, 2.45) is 5.92 Å². The molecule has 1 atom stereocenters. The zero-order valence-electron chi connectivity index (χ0n) is 10.8. The van der Waals surface area contributed by atoms with Crippen LogP contribution in [0.3, 0.4) is 0 Å². The Morgan fingerprint density at radius 1 is 1.53 bits per heavy atom. The van der Waals surface area contributed by atoms with Crippen LogP contribution >= 0.6 is 0 Å². The van der Waals surface area contributed by atoms with E-state index in [-0.39, 0.29) is 11.6 Å². The van der Waals surface area contributed by atoms with Crippen molar-refractivity contribution in [3.8, 4) is 0 Å². The van der Waals surface area contributed by atoms with E-state index < -0.39 is 5.97 Å². The molecule has 0 saturated carbocycles. The zero-order valence-corrected chi connectivity index (χ0v) is 10.8. The number of aromatic carboxylic acids is 1. The van der Waals surface area contributed by atoms with Gasteiger partial charge in [-0.3, -0.25) is 4.98 Å².